The van der Waals surface area contributed by atoms with E-state index in [1.54, 1.807) is 6.07 Å². The molecule has 0 heterocycles. The number of ether oxygens (including phenoxy) is 1. The molecule has 0 saturated heterocycles. The molecule has 0 unspecified atom stereocenters. The Balaban J connectivity index is 1.92. The smallest absolute Gasteiger partial charge is 0.311 e. The van der Waals surface area contributed by atoms with Crippen LogP contribution in [0.15, 0.2) is 23.4 Å². The van der Waals surface area contributed by atoms with E-state index in [1.165, 1.54) is 76.3 Å². The number of unbranched alkanes of at least 4 members (excludes halogenated alkanes) is 16. The molecule has 0 radical (unpaired) electrons. The monoisotopic (exact) mass is 509 g/mol. The SMILES string of the molecule is CCCCCCCCCCCCC#CC#CCCCCCCCCC(=O)Oc1ccc(/C=N/O)c(O)c1. The second-order valence-corrected chi connectivity index (χ2v) is 9.60. The van der Waals surface area contributed by atoms with Gasteiger partial charge in [-0.1, -0.05) is 107 Å². The maximum atomic E-state index is 11.9. The van der Waals surface area contributed by atoms with E-state index in [9.17, 15) is 9.90 Å². The zero-order chi connectivity index (χ0) is 26.8. The number of benzene rings is 1. The molecule has 0 aliphatic heterocycles. The summed E-state index contributed by atoms with van der Waals surface area (Å²) in [5.74, 6) is 12.2. The van der Waals surface area contributed by atoms with Crippen LogP contribution in [-0.4, -0.2) is 22.5 Å². The Morgan fingerprint density at radius 2 is 1.32 bits per heavy atom. The number of rotatable bonds is 20. The highest BCUT2D eigenvalue weighted by Gasteiger charge is 2.07. The Labute approximate surface area is 225 Å². The number of oxime groups is 1. The molecule has 0 atom stereocenters. The number of nitrogens with zero attached hydrogens (tertiary/aromatic N) is 1. The normalized spacial score (nSPS) is 10.5. The van der Waals surface area contributed by atoms with Crippen molar-refractivity contribution in [2.75, 3.05) is 0 Å². The summed E-state index contributed by atoms with van der Waals surface area (Å²) in [6.45, 7) is 2.27. The van der Waals surface area contributed by atoms with E-state index in [0.29, 0.717) is 12.0 Å². The zero-order valence-electron chi connectivity index (χ0n) is 22.9. The van der Waals surface area contributed by atoms with Crippen molar-refractivity contribution >= 4 is 12.2 Å². The number of phenolic OH excluding ortho intramolecular Hbond substituents is 1. The first-order valence-electron chi connectivity index (χ1n) is 14.3. The van der Waals surface area contributed by atoms with Crippen LogP contribution < -0.4 is 4.74 Å². The van der Waals surface area contributed by atoms with Crippen molar-refractivity contribution in [3.05, 3.63) is 23.8 Å². The lowest BCUT2D eigenvalue weighted by Gasteiger charge is -2.06. The lowest BCUT2D eigenvalue weighted by atomic mass is 10.1. The fourth-order valence-electron chi connectivity index (χ4n) is 4.04. The van der Waals surface area contributed by atoms with Crippen LogP contribution in [0.2, 0.25) is 0 Å². The average molecular weight is 510 g/mol. The summed E-state index contributed by atoms with van der Waals surface area (Å²) >= 11 is 0. The molecule has 0 aliphatic carbocycles. The first-order valence-corrected chi connectivity index (χ1v) is 14.3. The lowest BCUT2D eigenvalue weighted by Crippen LogP contribution is -2.07. The summed E-state index contributed by atoms with van der Waals surface area (Å²) in [6.07, 6.45) is 23.1. The van der Waals surface area contributed by atoms with Crippen molar-refractivity contribution in [2.24, 2.45) is 5.16 Å². The third-order valence-corrected chi connectivity index (χ3v) is 6.26. The molecule has 0 fully saturated rings. The third-order valence-electron chi connectivity index (χ3n) is 6.26. The second kappa shape index (κ2) is 23.5. The quantitative estimate of drug-likeness (QED) is 0.0351. The number of aromatic hydroxyl groups is 1. The van der Waals surface area contributed by atoms with Crippen molar-refractivity contribution in [3.8, 4) is 35.2 Å². The van der Waals surface area contributed by atoms with Gasteiger partial charge in [0.15, 0.2) is 0 Å². The summed E-state index contributed by atoms with van der Waals surface area (Å²) in [7, 11) is 0. The van der Waals surface area contributed by atoms with Crippen molar-refractivity contribution in [2.45, 2.75) is 129 Å². The summed E-state index contributed by atoms with van der Waals surface area (Å²) in [5.41, 5.74) is 0.348. The molecule has 0 saturated carbocycles. The molecule has 0 aliphatic rings. The number of carbonyl (C=O) groups is 1. The number of hydrogen-bond donors (Lipinski definition) is 2. The standard InChI is InChI=1S/C32H47NO4/c1-2-3-4-5-6-7-8-9-10-11-12-13-14-15-16-17-18-19-20-21-22-23-24-32(35)37-30-26-25-29(28-33-36)31(34)27-30/h25-28,34,36H,2-12,17-24H2,1H3/b33-28+. The summed E-state index contributed by atoms with van der Waals surface area (Å²) < 4.78 is 5.24. The molecule has 2 N–H and O–H groups in total. The topological polar surface area (TPSA) is 79.1 Å². The predicted octanol–water partition coefficient (Wildman–Crippen LogP) is 8.54. The third kappa shape index (κ3) is 18.9. The molecule has 1 rings (SSSR count). The van der Waals surface area contributed by atoms with E-state index in [-0.39, 0.29) is 17.5 Å². The number of phenols is 1. The molecule has 204 valence electrons. The Morgan fingerprint density at radius 1 is 0.811 bits per heavy atom. The minimum atomic E-state index is -0.312. The Hall–Kier alpha value is -2.92. The van der Waals surface area contributed by atoms with Crippen molar-refractivity contribution in [1.82, 2.24) is 0 Å². The van der Waals surface area contributed by atoms with E-state index in [2.05, 4.69) is 35.8 Å². The fourth-order valence-corrected chi connectivity index (χ4v) is 4.04. The van der Waals surface area contributed by atoms with Crippen LogP contribution in [0.3, 0.4) is 0 Å². The molecular formula is C32H47NO4. The second-order valence-electron chi connectivity index (χ2n) is 9.60. The Bertz CT molecular complexity index is 886. The van der Waals surface area contributed by atoms with Crippen molar-refractivity contribution < 1.29 is 19.8 Å². The molecule has 1 aromatic carbocycles. The van der Waals surface area contributed by atoms with Crippen LogP contribution >= 0.6 is 0 Å². The van der Waals surface area contributed by atoms with Gasteiger partial charge in [-0.3, -0.25) is 4.79 Å². The first-order chi connectivity index (χ1) is 18.2. The lowest BCUT2D eigenvalue weighted by molar-refractivity contribution is -0.134. The van der Waals surface area contributed by atoms with Crippen molar-refractivity contribution in [3.63, 3.8) is 0 Å². The predicted molar refractivity (Wildman–Crippen MR) is 152 cm³/mol. The van der Waals surface area contributed by atoms with Gasteiger partial charge < -0.3 is 15.1 Å². The molecule has 5 nitrogen and oxygen atoms in total. The molecule has 37 heavy (non-hydrogen) atoms. The van der Waals surface area contributed by atoms with Crippen LogP contribution in [0, 0.1) is 23.7 Å². The molecule has 0 amide bonds. The number of hydrogen-bond acceptors (Lipinski definition) is 5. The van der Waals surface area contributed by atoms with Gasteiger partial charge in [0, 0.05) is 30.9 Å². The van der Waals surface area contributed by atoms with Crippen LogP contribution in [0.25, 0.3) is 0 Å². The van der Waals surface area contributed by atoms with Gasteiger partial charge in [-0.25, -0.2) is 0 Å². The molecule has 0 spiro atoms. The first kappa shape index (κ1) is 32.1. The highest BCUT2D eigenvalue weighted by Crippen LogP contribution is 2.23. The van der Waals surface area contributed by atoms with Gasteiger partial charge in [0.25, 0.3) is 0 Å². The van der Waals surface area contributed by atoms with Crippen LogP contribution in [0.5, 0.6) is 11.5 Å². The molecule has 0 aromatic heterocycles. The van der Waals surface area contributed by atoms with Gasteiger partial charge in [0.2, 0.25) is 0 Å². The maximum Gasteiger partial charge on any atom is 0.311 e. The van der Waals surface area contributed by atoms with Crippen LogP contribution in [0.4, 0.5) is 0 Å². The highest BCUT2D eigenvalue weighted by atomic mass is 16.5. The van der Waals surface area contributed by atoms with Crippen LogP contribution in [0.1, 0.15) is 134 Å². The summed E-state index contributed by atoms with van der Waals surface area (Å²) in [6, 6.07) is 4.41. The molecule has 1 aromatic rings. The van der Waals surface area contributed by atoms with E-state index < -0.39 is 0 Å². The largest absolute Gasteiger partial charge is 0.507 e. The zero-order valence-corrected chi connectivity index (χ0v) is 22.9. The molecular weight excluding hydrogens is 462 g/mol. The Morgan fingerprint density at radius 3 is 1.84 bits per heavy atom. The van der Waals surface area contributed by atoms with E-state index >= 15 is 0 Å². The number of carbonyl (C=O) groups excluding carboxylic acids is 1. The van der Waals surface area contributed by atoms with E-state index in [4.69, 9.17) is 9.94 Å². The van der Waals surface area contributed by atoms with Gasteiger partial charge >= 0.3 is 5.97 Å². The highest BCUT2D eigenvalue weighted by molar-refractivity contribution is 5.83. The van der Waals surface area contributed by atoms with Gasteiger partial charge in [0.1, 0.15) is 11.5 Å². The Kier molecular flexibility index (Phi) is 20.4. The van der Waals surface area contributed by atoms with Crippen LogP contribution in [-0.2, 0) is 4.79 Å². The van der Waals surface area contributed by atoms with Gasteiger partial charge in [0.05, 0.1) is 6.21 Å². The minimum absolute atomic E-state index is 0.107. The van der Waals surface area contributed by atoms with Gasteiger partial charge in [-0.05, 0) is 43.2 Å². The summed E-state index contributed by atoms with van der Waals surface area (Å²) in [4.78, 5) is 11.9. The maximum absolute atomic E-state index is 11.9. The minimum Gasteiger partial charge on any atom is -0.507 e. The van der Waals surface area contributed by atoms with Gasteiger partial charge in [-0.15, -0.1) is 0 Å². The average Bonchev–Trinajstić information content (AvgIpc) is 2.88. The molecule has 5 heteroatoms. The summed E-state index contributed by atoms with van der Waals surface area (Å²) in [5, 5.41) is 21.2. The number of esters is 1. The van der Waals surface area contributed by atoms with E-state index in [1.807, 2.05) is 0 Å². The van der Waals surface area contributed by atoms with Crippen molar-refractivity contribution in [1.29, 1.82) is 0 Å². The fraction of sp³-hybridized carbons (Fsp3) is 0.625. The van der Waals surface area contributed by atoms with Gasteiger partial charge in [-0.2, -0.15) is 0 Å². The molecule has 0 bridgehead atoms. The van der Waals surface area contributed by atoms with E-state index in [0.717, 1.165) is 57.6 Å².